The first-order valence-electron chi connectivity index (χ1n) is 11.7. The highest BCUT2D eigenvalue weighted by atomic mass is 35.5. The number of nitrogens with zero attached hydrogens (tertiary/aromatic N) is 3. The van der Waals surface area contributed by atoms with Crippen molar-refractivity contribution in [1.29, 1.82) is 0 Å². The monoisotopic (exact) mass is 500 g/mol. The van der Waals surface area contributed by atoms with Crippen molar-refractivity contribution in [3.05, 3.63) is 95.3 Å². The van der Waals surface area contributed by atoms with Gasteiger partial charge in [-0.2, -0.15) is 5.10 Å². The Kier molecular flexibility index (Phi) is 7.98. The summed E-state index contributed by atoms with van der Waals surface area (Å²) in [5.41, 5.74) is 2.80. The minimum Gasteiger partial charge on any atom is -0.352 e. The maximum absolute atomic E-state index is 13.5. The summed E-state index contributed by atoms with van der Waals surface area (Å²) < 4.78 is 40.4. The Balaban J connectivity index is 0.00000289. The molecule has 0 aliphatic carbocycles. The molecule has 2 heterocycles. The molecular weight excluding hydrogens is 473 g/mol. The Morgan fingerprint density at radius 2 is 1.34 bits per heavy atom. The summed E-state index contributed by atoms with van der Waals surface area (Å²) in [5, 5.41) is 8.28. The fraction of sp³-hybridized carbons (Fsp3) is 0.296. The Labute approximate surface area is 209 Å². The van der Waals surface area contributed by atoms with Crippen LogP contribution in [-0.4, -0.2) is 47.8 Å². The van der Waals surface area contributed by atoms with Gasteiger partial charge in [-0.1, -0.05) is 24.3 Å². The van der Waals surface area contributed by atoms with Gasteiger partial charge in [0.2, 0.25) is 0 Å². The average molecular weight is 501 g/mol. The second-order valence-corrected chi connectivity index (χ2v) is 8.86. The van der Waals surface area contributed by atoms with Crippen LogP contribution in [0.3, 0.4) is 0 Å². The van der Waals surface area contributed by atoms with E-state index in [2.05, 4.69) is 20.0 Å². The van der Waals surface area contributed by atoms with Crippen LogP contribution in [0.1, 0.15) is 29.9 Å². The largest absolute Gasteiger partial charge is 0.352 e. The third-order valence-electron chi connectivity index (χ3n) is 6.69. The van der Waals surface area contributed by atoms with Crippen LogP contribution in [0.2, 0.25) is 0 Å². The molecule has 1 aliphatic rings. The van der Waals surface area contributed by atoms with Crippen molar-refractivity contribution in [3.63, 3.8) is 0 Å². The van der Waals surface area contributed by atoms with Crippen molar-refractivity contribution in [2.24, 2.45) is 0 Å². The lowest BCUT2D eigenvalue weighted by Gasteiger charge is -2.35. The normalized spacial score (nSPS) is 14.5. The van der Waals surface area contributed by atoms with Gasteiger partial charge in [-0.05, 0) is 73.0 Å². The van der Waals surface area contributed by atoms with Crippen LogP contribution in [0.25, 0.3) is 10.9 Å². The molecule has 1 fully saturated rings. The molecule has 1 N–H and O–H groups in total. The van der Waals surface area contributed by atoms with E-state index >= 15 is 0 Å². The molecule has 0 spiro atoms. The van der Waals surface area contributed by atoms with Gasteiger partial charge in [0.25, 0.3) is 0 Å². The lowest BCUT2D eigenvalue weighted by molar-refractivity contribution is 0.251. The van der Waals surface area contributed by atoms with E-state index in [1.54, 1.807) is 6.07 Å². The van der Waals surface area contributed by atoms with Crippen LogP contribution in [0.4, 0.5) is 19.0 Å². The number of aromatic amines is 1. The van der Waals surface area contributed by atoms with Gasteiger partial charge in [-0.15, -0.1) is 12.4 Å². The number of piperazine rings is 1. The zero-order valence-corrected chi connectivity index (χ0v) is 20.1. The van der Waals surface area contributed by atoms with Gasteiger partial charge in [0, 0.05) is 37.5 Å². The number of halogens is 4. The van der Waals surface area contributed by atoms with Crippen molar-refractivity contribution in [1.82, 2.24) is 15.1 Å². The minimum absolute atomic E-state index is 0. The Morgan fingerprint density at radius 3 is 1.94 bits per heavy atom. The molecular formula is C27H28ClF3N4. The van der Waals surface area contributed by atoms with Crippen LogP contribution in [0.15, 0.2) is 66.7 Å². The molecule has 8 heteroatoms. The summed E-state index contributed by atoms with van der Waals surface area (Å²) in [4.78, 5) is 4.68. The van der Waals surface area contributed by atoms with E-state index in [9.17, 15) is 13.2 Å². The van der Waals surface area contributed by atoms with Gasteiger partial charge < -0.3 is 4.90 Å². The first-order chi connectivity index (χ1) is 16.6. The second-order valence-electron chi connectivity index (χ2n) is 8.86. The summed E-state index contributed by atoms with van der Waals surface area (Å²) in [7, 11) is 0. The van der Waals surface area contributed by atoms with Gasteiger partial charge >= 0.3 is 0 Å². The van der Waals surface area contributed by atoms with Crippen LogP contribution in [-0.2, 0) is 0 Å². The Morgan fingerprint density at radius 1 is 0.771 bits per heavy atom. The van der Waals surface area contributed by atoms with E-state index in [4.69, 9.17) is 0 Å². The topological polar surface area (TPSA) is 35.2 Å². The molecule has 1 saturated heterocycles. The first-order valence-corrected chi connectivity index (χ1v) is 11.7. The van der Waals surface area contributed by atoms with Crippen LogP contribution >= 0.6 is 12.4 Å². The number of fused-ring (bicyclic) bond motifs is 1. The van der Waals surface area contributed by atoms with Crippen molar-refractivity contribution in [2.45, 2.75) is 18.8 Å². The lowest BCUT2D eigenvalue weighted by Crippen LogP contribution is -2.46. The summed E-state index contributed by atoms with van der Waals surface area (Å²) in [5.74, 6) is 0.191. The molecule has 3 aromatic carbocycles. The highest BCUT2D eigenvalue weighted by Crippen LogP contribution is 2.30. The fourth-order valence-corrected chi connectivity index (χ4v) is 4.84. The molecule has 0 unspecified atom stereocenters. The number of nitrogens with one attached hydrogen (secondary N) is 1. The highest BCUT2D eigenvalue weighted by Gasteiger charge is 2.21. The molecule has 0 atom stereocenters. The molecule has 184 valence electrons. The predicted molar refractivity (Wildman–Crippen MR) is 136 cm³/mol. The van der Waals surface area contributed by atoms with Crippen molar-refractivity contribution >= 4 is 29.1 Å². The van der Waals surface area contributed by atoms with E-state index in [1.807, 2.05) is 24.3 Å². The van der Waals surface area contributed by atoms with Gasteiger partial charge in [0.15, 0.2) is 5.82 Å². The van der Waals surface area contributed by atoms with E-state index in [-0.39, 0.29) is 35.8 Å². The number of benzene rings is 3. The predicted octanol–water partition coefficient (Wildman–Crippen LogP) is 6.14. The van der Waals surface area contributed by atoms with Gasteiger partial charge in [0.05, 0.1) is 5.52 Å². The SMILES string of the molecule is Cl.Fc1ccc(C(CCCN2CCN(c3n[nH]c4cc(F)ccc34)CC2)c2ccc(F)cc2)cc1. The first kappa shape index (κ1) is 25.1. The van der Waals surface area contributed by atoms with E-state index in [1.165, 1.54) is 36.4 Å². The lowest BCUT2D eigenvalue weighted by atomic mass is 9.87. The van der Waals surface area contributed by atoms with Crippen molar-refractivity contribution in [2.75, 3.05) is 37.6 Å². The Bertz CT molecular complexity index is 1190. The minimum atomic E-state index is -0.271. The molecule has 5 rings (SSSR count). The maximum atomic E-state index is 13.5. The third-order valence-corrected chi connectivity index (χ3v) is 6.69. The van der Waals surface area contributed by atoms with Gasteiger partial charge in [0.1, 0.15) is 17.5 Å². The van der Waals surface area contributed by atoms with Gasteiger partial charge in [-0.25, -0.2) is 13.2 Å². The average Bonchev–Trinajstić information content (AvgIpc) is 3.27. The van der Waals surface area contributed by atoms with Gasteiger partial charge in [-0.3, -0.25) is 10.00 Å². The van der Waals surface area contributed by atoms with E-state index < -0.39 is 0 Å². The molecule has 0 amide bonds. The molecule has 1 aromatic heterocycles. The zero-order valence-electron chi connectivity index (χ0n) is 19.3. The van der Waals surface area contributed by atoms with Crippen LogP contribution < -0.4 is 4.90 Å². The number of H-pyrrole nitrogens is 1. The molecule has 0 radical (unpaired) electrons. The Hall–Kier alpha value is -3.03. The molecule has 35 heavy (non-hydrogen) atoms. The number of rotatable bonds is 7. The maximum Gasteiger partial charge on any atom is 0.158 e. The van der Waals surface area contributed by atoms with Crippen molar-refractivity contribution < 1.29 is 13.2 Å². The molecule has 4 aromatic rings. The highest BCUT2D eigenvalue weighted by molar-refractivity contribution is 5.90. The van der Waals surface area contributed by atoms with Crippen LogP contribution in [0.5, 0.6) is 0 Å². The number of hydrogen-bond donors (Lipinski definition) is 1. The zero-order chi connectivity index (χ0) is 23.5. The fourth-order valence-electron chi connectivity index (χ4n) is 4.84. The van der Waals surface area contributed by atoms with E-state index in [0.29, 0.717) is 5.52 Å². The molecule has 0 bridgehead atoms. The van der Waals surface area contributed by atoms with Crippen LogP contribution in [0, 0.1) is 17.5 Å². The quantitative estimate of drug-likeness (QED) is 0.331. The summed E-state index contributed by atoms with van der Waals surface area (Å²) >= 11 is 0. The molecule has 0 saturated carbocycles. The van der Waals surface area contributed by atoms with E-state index in [0.717, 1.165) is 67.9 Å². The summed E-state index contributed by atoms with van der Waals surface area (Å²) in [6, 6.07) is 17.9. The number of aromatic nitrogens is 2. The molecule has 4 nitrogen and oxygen atoms in total. The standard InChI is InChI=1S/C27H27F3N4.ClH/c28-21-7-3-19(4-8-21)24(20-5-9-22(29)10-6-20)2-1-13-33-14-16-34(17-15-33)27-25-12-11-23(30)18-26(25)31-32-27;/h3-12,18,24H,1-2,13-17H2,(H,31,32);1H. The second kappa shape index (κ2) is 11.1. The number of hydrogen-bond acceptors (Lipinski definition) is 3. The number of anilines is 1. The summed E-state index contributed by atoms with van der Waals surface area (Å²) in [6.45, 7) is 4.52. The third kappa shape index (κ3) is 5.80. The van der Waals surface area contributed by atoms with Crippen molar-refractivity contribution in [3.8, 4) is 0 Å². The molecule has 1 aliphatic heterocycles. The smallest absolute Gasteiger partial charge is 0.158 e. The summed E-state index contributed by atoms with van der Waals surface area (Å²) in [6.07, 6.45) is 1.87.